The lowest BCUT2D eigenvalue weighted by atomic mass is 10.2. The molecule has 0 atom stereocenters. The zero-order chi connectivity index (χ0) is 18.1. The van der Waals surface area contributed by atoms with Crippen LogP contribution >= 0.6 is 0 Å². The van der Waals surface area contributed by atoms with Crippen LogP contribution in [-0.4, -0.2) is 37.1 Å². The Bertz CT molecular complexity index is 720. The van der Waals surface area contributed by atoms with E-state index in [2.05, 4.69) is 15.6 Å². The molecule has 132 valence electrons. The van der Waals surface area contributed by atoms with Gasteiger partial charge in [-0.15, -0.1) is 0 Å². The lowest BCUT2D eigenvalue weighted by Gasteiger charge is -2.07. The van der Waals surface area contributed by atoms with Crippen molar-refractivity contribution < 1.29 is 18.7 Å². The number of amides is 2. The number of ether oxygens (including phenoxy) is 1. The normalized spacial score (nSPS) is 10.3. The second-order valence-corrected chi connectivity index (χ2v) is 5.34. The predicted molar refractivity (Wildman–Crippen MR) is 90.6 cm³/mol. The summed E-state index contributed by atoms with van der Waals surface area (Å²) < 4.78 is 17.8. The first-order valence-corrected chi connectivity index (χ1v) is 7.86. The van der Waals surface area contributed by atoms with Crippen LogP contribution in [0, 0.1) is 5.82 Å². The molecule has 2 N–H and O–H groups in total. The van der Waals surface area contributed by atoms with Crippen molar-refractivity contribution in [3.8, 4) is 0 Å². The van der Waals surface area contributed by atoms with Crippen molar-refractivity contribution in [1.29, 1.82) is 0 Å². The van der Waals surface area contributed by atoms with Gasteiger partial charge in [-0.1, -0.05) is 12.1 Å². The van der Waals surface area contributed by atoms with Gasteiger partial charge in [0.2, 0.25) is 0 Å². The zero-order valence-electron chi connectivity index (χ0n) is 13.9. The van der Waals surface area contributed by atoms with Crippen LogP contribution in [0.15, 0.2) is 42.6 Å². The van der Waals surface area contributed by atoms with Crippen molar-refractivity contribution in [1.82, 2.24) is 15.6 Å². The summed E-state index contributed by atoms with van der Waals surface area (Å²) in [6.07, 6.45) is 2.12. The number of nitrogens with one attached hydrogen (secondary N) is 2. The molecule has 1 heterocycles. The number of aromatic nitrogens is 1. The summed E-state index contributed by atoms with van der Waals surface area (Å²) in [7, 11) is 1.60. The van der Waals surface area contributed by atoms with Gasteiger partial charge >= 0.3 is 0 Å². The SMILES string of the molecule is COCCCNC(=O)c1ccnc(C(=O)NCc2ccc(F)cc2)c1. The van der Waals surface area contributed by atoms with Crippen LogP contribution in [0.1, 0.15) is 32.8 Å². The fraction of sp³-hybridized carbons (Fsp3) is 0.278. The van der Waals surface area contributed by atoms with E-state index < -0.39 is 5.91 Å². The quantitative estimate of drug-likeness (QED) is 0.716. The highest BCUT2D eigenvalue weighted by Crippen LogP contribution is 2.05. The number of carbonyl (C=O) groups excluding carboxylic acids is 2. The summed E-state index contributed by atoms with van der Waals surface area (Å²) in [6, 6.07) is 8.82. The van der Waals surface area contributed by atoms with Crippen molar-refractivity contribution >= 4 is 11.8 Å². The number of hydrogen-bond acceptors (Lipinski definition) is 4. The third-order valence-corrected chi connectivity index (χ3v) is 3.43. The predicted octanol–water partition coefficient (Wildman–Crippen LogP) is 1.92. The minimum absolute atomic E-state index is 0.145. The first-order valence-electron chi connectivity index (χ1n) is 7.86. The molecule has 0 unspecified atom stereocenters. The molecule has 0 bridgehead atoms. The molecule has 7 heteroatoms. The van der Waals surface area contributed by atoms with Gasteiger partial charge in [0.25, 0.3) is 11.8 Å². The number of nitrogens with zero attached hydrogens (tertiary/aromatic N) is 1. The van der Waals surface area contributed by atoms with E-state index in [1.54, 1.807) is 25.3 Å². The number of carbonyl (C=O) groups is 2. The summed E-state index contributed by atoms with van der Waals surface area (Å²) in [5, 5.41) is 5.44. The Balaban J connectivity index is 1.91. The van der Waals surface area contributed by atoms with Crippen molar-refractivity contribution in [2.45, 2.75) is 13.0 Å². The highest BCUT2D eigenvalue weighted by Gasteiger charge is 2.11. The van der Waals surface area contributed by atoms with E-state index in [0.29, 0.717) is 25.1 Å². The molecule has 0 aliphatic carbocycles. The number of pyridine rings is 1. The highest BCUT2D eigenvalue weighted by atomic mass is 19.1. The zero-order valence-corrected chi connectivity index (χ0v) is 13.9. The maximum absolute atomic E-state index is 12.9. The average molecular weight is 345 g/mol. The molecule has 0 spiro atoms. The van der Waals surface area contributed by atoms with Crippen molar-refractivity contribution in [3.05, 3.63) is 65.2 Å². The Morgan fingerprint density at radius 2 is 1.88 bits per heavy atom. The Morgan fingerprint density at radius 1 is 1.12 bits per heavy atom. The molecular formula is C18H20FN3O3. The van der Waals surface area contributed by atoms with Gasteiger partial charge in [0.15, 0.2) is 0 Å². The van der Waals surface area contributed by atoms with E-state index in [1.807, 2.05) is 0 Å². The molecule has 1 aromatic carbocycles. The molecule has 0 fully saturated rings. The maximum atomic E-state index is 12.9. The van der Waals surface area contributed by atoms with Crippen molar-refractivity contribution in [2.75, 3.05) is 20.3 Å². The van der Waals surface area contributed by atoms with Gasteiger partial charge in [-0.05, 0) is 36.2 Å². The summed E-state index contributed by atoms with van der Waals surface area (Å²) in [5.41, 5.74) is 1.27. The minimum atomic E-state index is -0.404. The van der Waals surface area contributed by atoms with Gasteiger partial charge in [-0.25, -0.2) is 4.39 Å². The first kappa shape index (κ1) is 18.5. The fourth-order valence-corrected chi connectivity index (χ4v) is 2.09. The van der Waals surface area contributed by atoms with E-state index in [-0.39, 0.29) is 24.0 Å². The Labute approximate surface area is 145 Å². The van der Waals surface area contributed by atoms with Gasteiger partial charge < -0.3 is 15.4 Å². The Hall–Kier alpha value is -2.80. The lowest BCUT2D eigenvalue weighted by Crippen LogP contribution is -2.27. The van der Waals surface area contributed by atoms with E-state index in [9.17, 15) is 14.0 Å². The molecule has 1 aromatic heterocycles. The monoisotopic (exact) mass is 345 g/mol. The third-order valence-electron chi connectivity index (χ3n) is 3.43. The topological polar surface area (TPSA) is 80.3 Å². The number of halogens is 1. The average Bonchev–Trinajstić information content (AvgIpc) is 2.64. The number of benzene rings is 1. The summed E-state index contributed by atoms with van der Waals surface area (Å²) in [4.78, 5) is 28.2. The van der Waals surface area contributed by atoms with E-state index >= 15 is 0 Å². The molecule has 6 nitrogen and oxygen atoms in total. The second-order valence-electron chi connectivity index (χ2n) is 5.34. The summed E-state index contributed by atoms with van der Waals surface area (Å²) in [6.45, 7) is 1.29. The van der Waals surface area contributed by atoms with Crippen LogP contribution in [0.2, 0.25) is 0 Å². The molecular weight excluding hydrogens is 325 g/mol. The smallest absolute Gasteiger partial charge is 0.270 e. The molecule has 0 saturated heterocycles. The molecule has 2 rings (SSSR count). The third kappa shape index (κ3) is 5.96. The van der Waals surface area contributed by atoms with Gasteiger partial charge in [0.1, 0.15) is 11.5 Å². The van der Waals surface area contributed by atoms with Crippen molar-refractivity contribution in [2.24, 2.45) is 0 Å². The van der Waals surface area contributed by atoms with E-state index in [0.717, 1.165) is 5.56 Å². The molecule has 0 aliphatic heterocycles. The fourth-order valence-electron chi connectivity index (χ4n) is 2.09. The lowest BCUT2D eigenvalue weighted by molar-refractivity contribution is 0.0946. The first-order chi connectivity index (χ1) is 12.1. The van der Waals surface area contributed by atoms with Gasteiger partial charge in [-0.3, -0.25) is 14.6 Å². The molecule has 0 radical (unpaired) electrons. The molecule has 2 aromatic rings. The number of hydrogen-bond donors (Lipinski definition) is 2. The van der Waals surface area contributed by atoms with Gasteiger partial charge in [0, 0.05) is 38.6 Å². The Kier molecular flexibility index (Phi) is 7.03. The van der Waals surface area contributed by atoms with E-state index in [4.69, 9.17) is 4.74 Å². The second kappa shape index (κ2) is 9.48. The Morgan fingerprint density at radius 3 is 2.60 bits per heavy atom. The number of methoxy groups -OCH3 is 1. The largest absolute Gasteiger partial charge is 0.385 e. The van der Waals surface area contributed by atoms with Crippen LogP contribution in [0.5, 0.6) is 0 Å². The van der Waals surface area contributed by atoms with Crippen LogP contribution in [0.25, 0.3) is 0 Å². The van der Waals surface area contributed by atoms with Gasteiger partial charge in [0.05, 0.1) is 0 Å². The van der Waals surface area contributed by atoms with Crippen LogP contribution in [-0.2, 0) is 11.3 Å². The van der Waals surface area contributed by atoms with Gasteiger partial charge in [-0.2, -0.15) is 0 Å². The maximum Gasteiger partial charge on any atom is 0.270 e. The molecule has 0 saturated carbocycles. The van der Waals surface area contributed by atoms with Crippen LogP contribution in [0.4, 0.5) is 4.39 Å². The highest BCUT2D eigenvalue weighted by molar-refractivity contribution is 5.98. The number of rotatable bonds is 8. The molecule has 0 aliphatic rings. The standard InChI is InChI=1S/C18H20FN3O3/c1-25-10-2-8-21-17(23)14-7-9-20-16(11-14)18(24)22-12-13-3-5-15(19)6-4-13/h3-7,9,11H,2,8,10,12H2,1H3,(H,21,23)(H,22,24). The molecule has 2 amide bonds. The summed E-state index contributed by atoms with van der Waals surface area (Å²) >= 11 is 0. The van der Waals surface area contributed by atoms with Crippen LogP contribution < -0.4 is 10.6 Å². The van der Waals surface area contributed by atoms with Crippen molar-refractivity contribution in [3.63, 3.8) is 0 Å². The van der Waals surface area contributed by atoms with E-state index in [1.165, 1.54) is 24.4 Å². The molecule has 25 heavy (non-hydrogen) atoms. The minimum Gasteiger partial charge on any atom is -0.385 e. The van der Waals surface area contributed by atoms with Crippen LogP contribution in [0.3, 0.4) is 0 Å². The summed E-state index contributed by atoms with van der Waals surface area (Å²) in [5.74, 6) is -1.01.